The number of thioether (sulfide) groups is 1. The van der Waals surface area contributed by atoms with Gasteiger partial charge in [0.05, 0.1) is 12.0 Å². The van der Waals surface area contributed by atoms with Crippen molar-refractivity contribution in [3.8, 4) is 0 Å². The summed E-state index contributed by atoms with van der Waals surface area (Å²) in [6.45, 7) is 10.7. The zero-order valence-corrected chi connectivity index (χ0v) is 18.2. The lowest BCUT2D eigenvalue weighted by Gasteiger charge is -2.25. The Bertz CT molecular complexity index is 731. The lowest BCUT2D eigenvalue weighted by Crippen LogP contribution is -2.26. The highest BCUT2D eigenvalue weighted by Gasteiger charge is 2.26. The molecule has 9 heteroatoms. The Balaban J connectivity index is 3.02. The molecule has 0 aliphatic rings. The number of aliphatic hydroxyl groups is 1. The van der Waals surface area contributed by atoms with Crippen LogP contribution < -0.4 is 5.73 Å². The van der Waals surface area contributed by atoms with Crippen LogP contribution in [0.3, 0.4) is 0 Å². The van der Waals surface area contributed by atoms with Gasteiger partial charge in [0.1, 0.15) is 17.1 Å². The highest BCUT2D eigenvalue weighted by Crippen LogP contribution is 2.31. The summed E-state index contributed by atoms with van der Waals surface area (Å²) < 4.78 is 5.47. The first-order valence-electron chi connectivity index (χ1n) is 8.97. The second kappa shape index (κ2) is 10.4. The van der Waals surface area contributed by atoms with E-state index in [0.29, 0.717) is 35.7 Å². The summed E-state index contributed by atoms with van der Waals surface area (Å²) in [5.74, 6) is 0.554. The number of carbonyl (C=O) groups is 2. The van der Waals surface area contributed by atoms with E-state index >= 15 is 0 Å². The van der Waals surface area contributed by atoms with E-state index in [1.54, 1.807) is 47.7 Å². The van der Waals surface area contributed by atoms with Crippen molar-refractivity contribution in [3.63, 3.8) is 0 Å². The number of hydrogen-bond donors (Lipinski definition) is 2. The van der Waals surface area contributed by atoms with Crippen molar-refractivity contribution in [2.45, 2.75) is 59.9 Å². The number of rotatable bonds is 9. The highest BCUT2D eigenvalue weighted by atomic mass is 32.2. The second-order valence-electron chi connectivity index (χ2n) is 7.38. The van der Waals surface area contributed by atoms with Gasteiger partial charge in [-0.3, -0.25) is 9.59 Å². The Morgan fingerprint density at radius 2 is 2.11 bits per heavy atom. The summed E-state index contributed by atoms with van der Waals surface area (Å²) in [7, 11) is 0. The van der Waals surface area contributed by atoms with Gasteiger partial charge in [-0.25, -0.2) is 9.97 Å². The molecule has 8 nitrogen and oxygen atoms in total. The fraction of sp³-hybridized carbons (Fsp3) is 0.579. The number of aromatic nitrogens is 2. The predicted molar refractivity (Wildman–Crippen MR) is 110 cm³/mol. The molecule has 1 unspecified atom stereocenters. The van der Waals surface area contributed by atoms with E-state index < -0.39 is 10.9 Å². The van der Waals surface area contributed by atoms with Crippen LogP contribution >= 0.6 is 11.8 Å². The maximum absolute atomic E-state index is 12.1. The van der Waals surface area contributed by atoms with Gasteiger partial charge in [-0.15, -0.1) is 0 Å². The first-order valence-corrected chi connectivity index (χ1v) is 9.85. The largest absolute Gasteiger partial charge is 0.451 e. The molecule has 1 atom stereocenters. The summed E-state index contributed by atoms with van der Waals surface area (Å²) in [6, 6.07) is 0. The topological polar surface area (TPSA) is 119 Å². The van der Waals surface area contributed by atoms with Gasteiger partial charge >= 0.3 is 5.97 Å². The van der Waals surface area contributed by atoms with Crippen LogP contribution in [0.2, 0.25) is 0 Å². The van der Waals surface area contributed by atoms with Gasteiger partial charge in [0.15, 0.2) is 0 Å². The van der Waals surface area contributed by atoms with Crippen LogP contribution in [0.1, 0.15) is 52.4 Å². The fourth-order valence-electron chi connectivity index (χ4n) is 2.19. The minimum Gasteiger partial charge on any atom is -0.451 e. The quantitative estimate of drug-likeness (QED) is 0.362. The summed E-state index contributed by atoms with van der Waals surface area (Å²) >= 11 is 1.30. The molecule has 3 N–H and O–H groups in total. The molecule has 1 aromatic rings. The van der Waals surface area contributed by atoms with Crippen LogP contribution in [0.15, 0.2) is 16.8 Å². The molecule has 28 heavy (non-hydrogen) atoms. The van der Waals surface area contributed by atoms with Crippen LogP contribution in [0.25, 0.3) is 0 Å². The van der Waals surface area contributed by atoms with Gasteiger partial charge in [-0.05, 0) is 41.5 Å². The third-order valence-electron chi connectivity index (χ3n) is 3.85. The number of nitrogens with two attached hydrogens (primary N) is 1. The number of nitrogens with zero attached hydrogens (tertiary/aromatic N) is 3. The number of carbonyl (C=O) groups excluding carboxylic acids is 2. The van der Waals surface area contributed by atoms with E-state index in [-0.39, 0.29) is 19.1 Å². The Hall–Kier alpha value is -2.13. The van der Waals surface area contributed by atoms with Crippen LogP contribution in [-0.4, -0.2) is 44.4 Å². The predicted octanol–water partition coefficient (Wildman–Crippen LogP) is 2.61. The van der Waals surface area contributed by atoms with Crippen molar-refractivity contribution in [1.29, 1.82) is 0 Å². The molecule has 0 aliphatic carbocycles. The van der Waals surface area contributed by atoms with Crippen LogP contribution in [-0.2, 0) is 20.9 Å². The smallest absolute Gasteiger partial charge is 0.312 e. The first kappa shape index (κ1) is 23.9. The van der Waals surface area contributed by atoms with E-state index in [0.717, 1.165) is 4.91 Å². The summed E-state index contributed by atoms with van der Waals surface area (Å²) in [5.41, 5.74) is 6.12. The SMILES string of the molecule is C/C(=C(\CCO)SC(C)OC(=O)C(C)(C)C)N(C=O)Cc1cnc(C)nc1N. The number of hydrogen-bond acceptors (Lipinski definition) is 8. The van der Waals surface area contributed by atoms with Gasteiger partial charge < -0.3 is 20.5 Å². The fourth-order valence-corrected chi connectivity index (χ4v) is 3.22. The molecule has 0 aliphatic heterocycles. The Morgan fingerprint density at radius 3 is 2.61 bits per heavy atom. The zero-order chi connectivity index (χ0) is 21.5. The van der Waals surface area contributed by atoms with E-state index in [2.05, 4.69) is 9.97 Å². The summed E-state index contributed by atoms with van der Waals surface area (Å²) in [4.78, 5) is 34.2. The van der Waals surface area contributed by atoms with E-state index in [9.17, 15) is 14.7 Å². The van der Waals surface area contributed by atoms with E-state index in [4.69, 9.17) is 10.5 Å². The van der Waals surface area contributed by atoms with E-state index in [1.165, 1.54) is 16.7 Å². The standard InChI is InChI=1S/C19H30N4O4S/c1-12(23(11-25)10-15-9-21-13(2)22-17(15)20)16(7-8-24)28-14(3)27-18(26)19(4,5)6/h9,11,14,24H,7-8,10H2,1-6H3,(H2,20,21,22)/b16-12-. The van der Waals surface area contributed by atoms with Crippen LogP contribution in [0, 0.1) is 12.3 Å². The normalized spacial score (nSPS) is 13.5. The number of aliphatic hydroxyl groups excluding tert-OH is 1. The lowest BCUT2D eigenvalue weighted by atomic mass is 9.97. The molecular formula is C19H30N4O4S. The second-order valence-corrected chi connectivity index (χ2v) is 8.78. The third-order valence-corrected chi connectivity index (χ3v) is 5.07. The van der Waals surface area contributed by atoms with Crippen molar-refractivity contribution in [2.24, 2.45) is 5.41 Å². The molecule has 1 aromatic heterocycles. The molecule has 1 amide bonds. The first-order chi connectivity index (χ1) is 13.0. The lowest BCUT2D eigenvalue weighted by molar-refractivity contribution is -0.153. The number of allylic oxidation sites excluding steroid dienone is 1. The molecule has 1 rings (SSSR count). The summed E-state index contributed by atoms with van der Waals surface area (Å²) in [5, 5.41) is 9.43. The van der Waals surface area contributed by atoms with E-state index in [1.807, 2.05) is 0 Å². The van der Waals surface area contributed by atoms with Gasteiger partial charge in [0.25, 0.3) is 0 Å². The molecule has 0 aromatic carbocycles. The number of ether oxygens (including phenoxy) is 1. The maximum Gasteiger partial charge on any atom is 0.312 e. The van der Waals surface area contributed by atoms with Crippen molar-refractivity contribution in [1.82, 2.24) is 14.9 Å². The average molecular weight is 411 g/mol. The highest BCUT2D eigenvalue weighted by molar-refractivity contribution is 8.03. The minimum atomic E-state index is -0.609. The molecule has 0 radical (unpaired) electrons. The minimum absolute atomic E-state index is 0.0951. The monoisotopic (exact) mass is 410 g/mol. The van der Waals surface area contributed by atoms with Crippen LogP contribution in [0.4, 0.5) is 5.82 Å². The van der Waals surface area contributed by atoms with Crippen molar-refractivity contribution >= 4 is 30.0 Å². The number of anilines is 1. The molecule has 0 fully saturated rings. The Kier molecular flexibility index (Phi) is 8.90. The number of amides is 1. The van der Waals surface area contributed by atoms with Gasteiger partial charge in [-0.2, -0.15) is 0 Å². The molecule has 156 valence electrons. The van der Waals surface area contributed by atoms with Gasteiger partial charge in [-0.1, -0.05) is 11.8 Å². The van der Waals surface area contributed by atoms with Crippen LogP contribution in [0.5, 0.6) is 0 Å². The molecule has 0 bridgehead atoms. The maximum atomic E-state index is 12.1. The molecule has 1 heterocycles. The Morgan fingerprint density at radius 1 is 1.46 bits per heavy atom. The molecule has 0 saturated heterocycles. The van der Waals surface area contributed by atoms with Crippen molar-refractivity contribution in [2.75, 3.05) is 12.3 Å². The molecular weight excluding hydrogens is 380 g/mol. The van der Waals surface area contributed by atoms with Gasteiger partial charge in [0, 0.05) is 35.4 Å². The Labute approximate surface area is 170 Å². The number of nitrogen functional groups attached to an aromatic ring is 1. The number of aryl methyl sites for hydroxylation is 1. The average Bonchev–Trinajstić information content (AvgIpc) is 2.59. The number of esters is 1. The van der Waals surface area contributed by atoms with Gasteiger partial charge in [0.2, 0.25) is 6.41 Å². The third kappa shape index (κ3) is 7.12. The van der Waals surface area contributed by atoms with Crippen molar-refractivity contribution in [3.05, 3.63) is 28.2 Å². The summed E-state index contributed by atoms with van der Waals surface area (Å²) in [6.07, 6.45) is 2.62. The molecule has 0 spiro atoms. The zero-order valence-electron chi connectivity index (χ0n) is 17.4. The molecule has 0 saturated carbocycles. The van der Waals surface area contributed by atoms with Crippen molar-refractivity contribution < 1.29 is 19.4 Å².